The summed E-state index contributed by atoms with van der Waals surface area (Å²) in [4.78, 5) is 0. The smallest absolute Gasteiger partial charge is 0.261 e. The van der Waals surface area contributed by atoms with Crippen molar-refractivity contribution in [2.24, 2.45) is 0 Å². The third kappa shape index (κ3) is 4.68. The Morgan fingerprint density at radius 3 is 3.10 bits per heavy atom. The summed E-state index contributed by atoms with van der Waals surface area (Å²) in [7, 11) is 0. The fourth-order valence-electron chi connectivity index (χ4n) is 2.24. The van der Waals surface area contributed by atoms with Crippen molar-refractivity contribution in [3.8, 4) is 5.75 Å². The molecule has 1 aliphatic rings. The van der Waals surface area contributed by atoms with E-state index in [9.17, 15) is 8.78 Å². The van der Waals surface area contributed by atoms with Gasteiger partial charge in [-0.25, -0.2) is 8.78 Å². The molecule has 112 valence electrons. The summed E-state index contributed by atoms with van der Waals surface area (Å²) in [5.41, 5.74) is 1.11. The van der Waals surface area contributed by atoms with Crippen molar-refractivity contribution in [3.05, 3.63) is 28.2 Å². The highest BCUT2D eigenvalue weighted by molar-refractivity contribution is 9.10. The van der Waals surface area contributed by atoms with Gasteiger partial charge in [-0.1, -0.05) is 22.0 Å². The summed E-state index contributed by atoms with van der Waals surface area (Å²) < 4.78 is 35.5. The van der Waals surface area contributed by atoms with Gasteiger partial charge in [-0.2, -0.15) is 0 Å². The maximum absolute atomic E-state index is 11.9. The third-order valence-electron chi connectivity index (χ3n) is 3.13. The molecule has 1 unspecified atom stereocenters. The lowest BCUT2D eigenvalue weighted by Gasteiger charge is -2.18. The van der Waals surface area contributed by atoms with Crippen molar-refractivity contribution >= 4 is 15.9 Å². The Bertz CT molecular complexity index is 432. The molecule has 6 heteroatoms. The lowest BCUT2D eigenvalue weighted by molar-refractivity contribution is 0.0181. The first kappa shape index (κ1) is 15.7. The average Bonchev–Trinajstić information content (AvgIpc) is 2.60. The minimum atomic E-state index is -2.40. The van der Waals surface area contributed by atoms with Gasteiger partial charge in [-0.05, 0) is 25.0 Å². The Morgan fingerprint density at radius 1 is 1.45 bits per heavy atom. The molecular formula is C14H18BrF2NO2. The van der Waals surface area contributed by atoms with Crippen LogP contribution in [0.2, 0.25) is 0 Å². The molecule has 20 heavy (non-hydrogen) atoms. The van der Waals surface area contributed by atoms with Crippen LogP contribution in [0.15, 0.2) is 22.7 Å². The van der Waals surface area contributed by atoms with E-state index in [1.807, 2.05) is 18.2 Å². The molecule has 1 aliphatic heterocycles. The number of ether oxygens (including phenoxy) is 2. The van der Waals surface area contributed by atoms with E-state index in [0.29, 0.717) is 13.2 Å². The molecule has 0 spiro atoms. The summed E-state index contributed by atoms with van der Waals surface area (Å²) in [6.45, 7) is 1.03. The molecule has 1 aromatic carbocycles. The van der Waals surface area contributed by atoms with Gasteiger partial charge in [0.15, 0.2) is 0 Å². The summed E-state index contributed by atoms with van der Waals surface area (Å²) in [6.07, 6.45) is -0.481. The fourth-order valence-corrected chi connectivity index (χ4v) is 2.58. The van der Waals surface area contributed by atoms with Crippen molar-refractivity contribution in [2.75, 3.05) is 26.4 Å². The quantitative estimate of drug-likeness (QED) is 0.797. The lowest BCUT2D eigenvalue weighted by atomic mass is 10.0. The molecular weight excluding hydrogens is 332 g/mol. The first-order valence-corrected chi connectivity index (χ1v) is 7.47. The van der Waals surface area contributed by atoms with Crippen LogP contribution in [0, 0.1) is 0 Å². The maximum atomic E-state index is 11.9. The van der Waals surface area contributed by atoms with E-state index < -0.39 is 13.0 Å². The largest absolute Gasteiger partial charge is 0.493 e. The number of halogens is 3. The third-order valence-corrected chi connectivity index (χ3v) is 3.62. The zero-order valence-electron chi connectivity index (χ0n) is 11.1. The van der Waals surface area contributed by atoms with E-state index in [1.165, 1.54) is 0 Å². The zero-order valence-corrected chi connectivity index (χ0v) is 12.7. The Labute approximate surface area is 125 Å². The molecule has 0 bridgehead atoms. The molecule has 1 heterocycles. The van der Waals surface area contributed by atoms with Gasteiger partial charge < -0.3 is 14.8 Å². The maximum Gasteiger partial charge on any atom is 0.261 e. The van der Waals surface area contributed by atoms with E-state index in [4.69, 9.17) is 9.47 Å². The molecule has 2 rings (SSSR count). The van der Waals surface area contributed by atoms with Gasteiger partial charge in [0.1, 0.15) is 12.4 Å². The van der Waals surface area contributed by atoms with E-state index in [1.54, 1.807) is 0 Å². The number of fused-ring (bicyclic) bond motifs is 1. The van der Waals surface area contributed by atoms with Crippen LogP contribution in [0.25, 0.3) is 0 Å². The lowest BCUT2D eigenvalue weighted by Crippen LogP contribution is -2.25. The highest BCUT2D eigenvalue weighted by Gasteiger charge is 2.19. The average molecular weight is 350 g/mol. The standard InChI is InChI=1S/C14H18BrF2NO2/c15-10-3-4-11-12(2-1-6-20-13(11)8-10)18-5-7-19-9-14(16)17/h3-4,8,12,14,18H,1-2,5-7,9H2. The summed E-state index contributed by atoms with van der Waals surface area (Å²) >= 11 is 3.43. The van der Waals surface area contributed by atoms with Crippen molar-refractivity contribution in [1.82, 2.24) is 5.32 Å². The zero-order chi connectivity index (χ0) is 14.4. The second-order valence-corrected chi connectivity index (χ2v) is 5.56. The van der Waals surface area contributed by atoms with Gasteiger partial charge in [-0.15, -0.1) is 0 Å². The molecule has 0 radical (unpaired) electrons. The molecule has 0 saturated carbocycles. The van der Waals surface area contributed by atoms with Gasteiger partial charge >= 0.3 is 0 Å². The molecule has 1 atom stereocenters. The predicted molar refractivity (Wildman–Crippen MR) is 76.4 cm³/mol. The summed E-state index contributed by atoms with van der Waals surface area (Å²) in [5, 5.41) is 3.35. The van der Waals surface area contributed by atoms with Crippen LogP contribution < -0.4 is 10.1 Å². The number of alkyl halides is 2. The number of hydrogen-bond donors (Lipinski definition) is 1. The highest BCUT2D eigenvalue weighted by Crippen LogP contribution is 2.33. The predicted octanol–water partition coefficient (Wildman–Crippen LogP) is 3.53. The molecule has 0 saturated heterocycles. The number of rotatable bonds is 6. The van der Waals surface area contributed by atoms with Gasteiger partial charge in [0, 0.05) is 22.6 Å². The molecule has 1 N–H and O–H groups in total. The molecule has 0 aromatic heterocycles. The van der Waals surface area contributed by atoms with Crippen LogP contribution in [-0.2, 0) is 4.74 Å². The molecule has 0 amide bonds. The van der Waals surface area contributed by atoms with Gasteiger partial charge in [0.05, 0.1) is 13.2 Å². The van der Waals surface area contributed by atoms with Crippen molar-refractivity contribution in [2.45, 2.75) is 25.3 Å². The first-order valence-electron chi connectivity index (χ1n) is 6.68. The van der Waals surface area contributed by atoms with Crippen LogP contribution in [0.1, 0.15) is 24.4 Å². The van der Waals surface area contributed by atoms with Crippen LogP contribution in [0.3, 0.4) is 0 Å². The van der Waals surface area contributed by atoms with E-state index in [0.717, 1.165) is 28.6 Å². The monoisotopic (exact) mass is 349 g/mol. The molecule has 0 aliphatic carbocycles. The SMILES string of the molecule is FC(F)COCCNC1CCCOc2cc(Br)ccc21. The van der Waals surface area contributed by atoms with Crippen molar-refractivity contribution < 1.29 is 18.3 Å². The normalized spacial score (nSPS) is 18.5. The topological polar surface area (TPSA) is 30.5 Å². The van der Waals surface area contributed by atoms with E-state index in [-0.39, 0.29) is 12.6 Å². The van der Waals surface area contributed by atoms with Gasteiger partial charge in [-0.3, -0.25) is 0 Å². The van der Waals surface area contributed by atoms with Crippen molar-refractivity contribution in [3.63, 3.8) is 0 Å². The highest BCUT2D eigenvalue weighted by atomic mass is 79.9. The van der Waals surface area contributed by atoms with Gasteiger partial charge in [0.2, 0.25) is 0 Å². The summed E-state index contributed by atoms with van der Waals surface area (Å²) in [6, 6.07) is 6.15. The Morgan fingerprint density at radius 2 is 2.30 bits per heavy atom. The Balaban J connectivity index is 1.88. The Hall–Kier alpha value is -0.720. The van der Waals surface area contributed by atoms with Crippen LogP contribution in [0.5, 0.6) is 5.75 Å². The molecule has 1 aromatic rings. The molecule has 3 nitrogen and oxygen atoms in total. The van der Waals surface area contributed by atoms with Gasteiger partial charge in [0.25, 0.3) is 6.43 Å². The fraction of sp³-hybridized carbons (Fsp3) is 0.571. The Kier molecular flexibility index (Phi) is 6.19. The number of nitrogens with one attached hydrogen (secondary N) is 1. The number of benzene rings is 1. The van der Waals surface area contributed by atoms with Crippen LogP contribution >= 0.6 is 15.9 Å². The second-order valence-electron chi connectivity index (χ2n) is 4.65. The summed E-state index contributed by atoms with van der Waals surface area (Å²) in [5.74, 6) is 0.878. The number of hydrogen-bond acceptors (Lipinski definition) is 3. The van der Waals surface area contributed by atoms with E-state index >= 15 is 0 Å². The second kappa shape index (κ2) is 7.90. The van der Waals surface area contributed by atoms with Crippen LogP contribution in [-0.4, -0.2) is 32.8 Å². The molecule has 0 fully saturated rings. The van der Waals surface area contributed by atoms with Crippen LogP contribution in [0.4, 0.5) is 8.78 Å². The first-order chi connectivity index (χ1) is 9.66. The van der Waals surface area contributed by atoms with Crippen molar-refractivity contribution in [1.29, 1.82) is 0 Å². The van der Waals surface area contributed by atoms with E-state index in [2.05, 4.69) is 21.2 Å². The minimum absolute atomic E-state index is 0.177. The minimum Gasteiger partial charge on any atom is -0.493 e.